The van der Waals surface area contributed by atoms with Crippen molar-refractivity contribution in [3.8, 4) is 0 Å². The largest absolute Gasteiger partial charge is 0.356 e. The van der Waals surface area contributed by atoms with Gasteiger partial charge in [-0.15, -0.1) is 34.2 Å². The molecule has 0 radical (unpaired) electrons. The summed E-state index contributed by atoms with van der Waals surface area (Å²) in [7, 11) is 1.96. The predicted octanol–water partition coefficient (Wildman–Crippen LogP) is 3.34. The van der Waals surface area contributed by atoms with Gasteiger partial charge in [0, 0.05) is 13.6 Å². The molecular weight excluding hydrogens is 427 g/mol. The molecule has 2 rings (SSSR count). The van der Waals surface area contributed by atoms with Crippen LogP contribution in [0.15, 0.2) is 35.3 Å². The molecule has 0 spiro atoms. The molecule has 2 N–H and O–H groups in total. The lowest BCUT2D eigenvalue weighted by molar-refractivity contribution is 0.663. The fraction of sp³-hybridized carbons (Fsp3) is 0.500. The van der Waals surface area contributed by atoms with Gasteiger partial charge in [-0.05, 0) is 25.8 Å². The highest BCUT2D eigenvalue weighted by Crippen LogP contribution is 2.11. The number of aromatic nitrogens is 3. The Kier molecular flexibility index (Phi) is 9.48. The lowest BCUT2D eigenvalue weighted by atomic mass is 10.1. The molecule has 1 aromatic carbocycles. The number of aryl methyl sites for hydroxylation is 1. The quantitative estimate of drug-likeness (QED) is 0.290. The molecule has 1 unspecified atom stereocenters. The van der Waals surface area contributed by atoms with Gasteiger partial charge in [-0.2, -0.15) is 0 Å². The van der Waals surface area contributed by atoms with E-state index in [1.54, 1.807) is 0 Å². The zero-order valence-electron chi connectivity index (χ0n) is 15.5. The Balaban J connectivity index is 0.00000312. The van der Waals surface area contributed by atoms with Crippen LogP contribution in [0.2, 0.25) is 0 Å². The van der Waals surface area contributed by atoms with E-state index >= 15 is 0 Å². The summed E-state index contributed by atoms with van der Waals surface area (Å²) < 4.78 is 1.97. The second kappa shape index (κ2) is 11.1. The van der Waals surface area contributed by atoms with E-state index in [-0.39, 0.29) is 30.0 Å². The normalized spacial score (nSPS) is 12.4. The van der Waals surface area contributed by atoms with Crippen molar-refractivity contribution < 1.29 is 0 Å². The molecule has 2 aromatic rings. The number of hydrogen-bond acceptors (Lipinski definition) is 3. The number of guanidine groups is 1. The summed E-state index contributed by atoms with van der Waals surface area (Å²) in [5, 5.41) is 15.1. The number of nitrogens with one attached hydrogen (secondary N) is 2. The third kappa shape index (κ3) is 6.64. The van der Waals surface area contributed by atoms with Gasteiger partial charge in [0.1, 0.15) is 12.4 Å². The van der Waals surface area contributed by atoms with E-state index in [4.69, 9.17) is 0 Å². The van der Waals surface area contributed by atoms with E-state index in [1.807, 2.05) is 24.6 Å². The summed E-state index contributed by atoms with van der Waals surface area (Å²) in [6.45, 7) is 7.66. The van der Waals surface area contributed by atoms with Gasteiger partial charge < -0.3 is 15.2 Å². The number of unbranched alkanes of at least 4 members (excludes halogenated alkanes) is 1. The van der Waals surface area contributed by atoms with Crippen LogP contribution in [0.1, 0.15) is 49.9 Å². The lowest BCUT2D eigenvalue weighted by Crippen LogP contribution is -2.39. The first kappa shape index (κ1) is 21.4. The molecule has 0 saturated carbocycles. The van der Waals surface area contributed by atoms with Crippen molar-refractivity contribution in [1.29, 1.82) is 0 Å². The summed E-state index contributed by atoms with van der Waals surface area (Å²) in [5.41, 5.74) is 1.23. The molecule has 0 aliphatic rings. The standard InChI is InChI=1S/C18H28N6.HI/c1-5-6-12-19-18(20-13-17-23-22-15(3)24(17)4)21-14(2)16-10-8-7-9-11-16;/h7-11,14H,5-6,12-13H2,1-4H3,(H2,19,20,21);1H. The molecule has 0 aliphatic heterocycles. The van der Waals surface area contributed by atoms with Crippen LogP contribution >= 0.6 is 24.0 Å². The lowest BCUT2D eigenvalue weighted by Gasteiger charge is -2.18. The Hall–Kier alpha value is -1.64. The van der Waals surface area contributed by atoms with Gasteiger partial charge in [0.15, 0.2) is 11.8 Å². The molecule has 138 valence electrons. The van der Waals surface area contributed by atoms with Crippen LogP contribution < -0.4 is 10.6 Å². The van der Waals surface area contributed by atoms with Crippen molar-refractivity contribution in [3.05, 3.63) is 47.5 Å². The molecule has 7 heteroatoms. The zero-order chi connectivity index (χ0) is 17.4. The minimum Gasteiger partial charge on any atom is -0.356 e. The van der Waals surface area contributed by atoms with Crippen LogP contribution in [0.5, 0.6) is 0 Å². The highest BCUT2D eigenvalue weighted by atomic mass is 127. The van der Waals surface area contributed by atoms with Gasteiger partial charge >= 0.3 is 0 Å². The topological polar surface area (TPSA) is 67.1 Å². The Morgan fingerprint density at radius 2 is 1.96 bits per heavy atom. The first-order valence-electron chi connectivity index (χ1n) is 8.56. The third-order valence-electron chi connectivity index (χ3n) is 4.04. The summed E-state index contributed by atoms with van der Waals surface area (Å²) in [6.07, 6.45) is 2.26. The van der Waals surface area contributed by atoms with Gasteiger partial charge in [0.05, 0.1) is 6.04 Å². The molecule has 1 heterocycles. The molecule has 1 atom stereocenters. The Bertz CT molecular complexity index is 653. The highest BCUT2D eigenvalue weighted by Gasteiger charge is 2.09. The third-order valence-corrected chi connectivity index (χ3v) is 4.04. The minimum atomic E-state index is 0. The van der Waals surface area contributed by atoms with E-state index in [9.17, 15) is 0 Å². The minimum absolute atomic E-state index is 0. The summed E-state index contributed by atoms with van der Waals surface area (Å²) in [6, 6.07) is 10.6. The van der Waals surface area contributed by atoms with Crippen molar-refractivity contribution in [2.24, 2.45) is 12.0 Å². The van der Waals surface area contributed by atoms with E-state index in [0.717, 1.165) is 37.0 Å². The van der Waals surface area contributed by atoms with Crippen LogP contribution in [0.4, 0.5) is 0 Å². The van der Waals surface area contributed by atoms with E-state index < -0.39 is 0 Å². The van der Waals surface area contributed by atoms with E-state index in [0.29, 0.717) is 6.54 Å². The average molecular weight is 456 g/mol. The highest BCUT2D eigenvalue weighted by molar-refractivity contribution is 14.0. The SMILES string of the molecule is CCCCNC(=NCc1nnc(C)n1C)NC(C)c1ccccc1.I. The van der Waals surface area contributed by atoms with E-state index in [2.05, 4.69) is 63.9 Å². The van der Waals surface area contributed by atoms with Gasteiger partial charge in [0.25, 0.3) is 0 Å². The molecule has 0 fully saturated rings. The Morgan fingerprint density at radius 3 is 2.56 bits per heavy atom. The summed E-state index contributed by atoms with van der Waals surface area (Å²) in [5.74, 6) is 2.56. The van der Waals surface area contributed by atoms with Crippen molar-refractivity contribution in [3.63, 3.8) is 0 Å². The fourth-order valence-electron chi connectivity index (χ4n) is 2.30. The molecular formula is C18H29IN6. The molecule has 1 aromatic heterocycles. The fourth-order valence-corrected chi connectivity index (χ4v) is 2.30. The smallest absolute Gasteiger partial charge is 0.192 e. The van der Waals surface area contributed by atoms with Gasteiger partial charge in [-0.1, -0.05) is 43.7 Å². The Labute approximate surface area is 167 Å². The maximum Gasteiger partial charge on any atom is 0.192 e. The molecule has 0 bridgehead atoms. The summed E-state index contributed by atoms with van der Waals surface area (Å²) in [4.78, 5) is 4.68. The van der Waals surface area contributed by atoms with Crippen molar-refractivity contribution in [2.45, 2.75) is 46.2 Å². The van der Waals surface area contributed by atoms with Crippen molar-refractivity contribution >= 4 is 29.9 Å². The molecule has 6 nitrogen and oxygen atoms in total. The maximum absolute atomic E-state index is 4.68. The van der Waals surface area contributed by atoms with Gasteiger partial charge in [-0.25, -0.2) is 4.99 Å². The predicted molar refractivity (Wildman–Crippen MR) is 113 cm³/mol. The zero-order valence-corrected chi connectivity index (χ0v) is 17.8. The summed E-state index contributed by atoms with van der Waals surface area (Å²) >= 11 is 0. The second-order valence-corrected chi connectivity index (χ2v) is 5.94. The Morgan fingerprint density at radius 1 is 1.24 bits per heavy atom. The number of benzene rings is 1. The average Bonchev–Trinajstić information content (AvgIpc) is 2.92. The number of rotatable bonds is 7. The number of aliphatic imine (C=N–C) groups is 1. The van der Waals surface area contributed by atoms with Crippen LogP contribution in [0.3, 0.4) is 0 Å². The van der Waals surface area contributed by atoms with Crippen molar-refractivity contribution in [1.82, 2.24) is 25.4 Å². The molecule has 0 amide bonds. The first-order valence-corrected chi connectivity index (χ1v) is 8.56. The number of halogens is 1. The second-order valence-electron chi connectivity index (χ2n) is 5.94. The van der Waals surface area contributed by atoms with Crippen LogP contribution in [0, 0.1) is 6.92 Å². The monoisotopic (exact) mass is 456 g/mol. The van der Waals surface area contributed by atoms with Crippen LogP contribution in [-0.2, 0) is 13.6 Å². The van der Waals surface area contributed by atoms with Crippen molar-refractivity contribution in [2.75, 3.05) is 6.54 Å². The van der Waals surface area contributed by atoms with E-state index in [1.165, 1.54) is 5.56 Å². The number of hydrogen-bond donors (Lipinski definition) is 2. The molecule has 0 aliphatic carbocycles. The van der Waals surface area contributed by atoms with Crippen LogP contribution in [0.25, 0.3) is 0 Å². The molecule has 0 saturated heterocycles. The van der Waals surface area contributed by atoms with Gasteiger partial charge in [0.2, 0.25) is 0 Å². The molecule has 25 heavy (non-hydrogen) atoms. The van der Waals surface area contributed by atoms with Crippen LogP contribution in [-0.4, -0.2) is 27.3 Å². The number of nitrogens with zero attached hydrogens (tertiary/aromatic N) is 4. The maximum atomic E-state index is 4.68. The van der Waals surface area contributed by atoms with Gasteiger partial charge in [-0.3, -0.25) is 0 Å². The first-order chi connectivity index (χ1) is 11.6.